The maximum atomic E-state index is 12.0. The minimum absolute atomic E-state index is 0.0847. The van der Waals surface area contributed by atoms with Gasteiger partial charge >= 0.3 is 6.18 Å². The fraction of sp³-hybridized carbons (Fsp3) is 0.273. The molecule has 41 heavy (non-hydrogen) atoms. The van der Waals surface area contributed by atoms with Crippen molar-refractivity contribution in [3.05, 3.63) is 120 Å². The van der Waals surface area contributed by atoms with E-state index in [0.29, 0.717) is 24.3 Å². The van der Waals surface area contributed by atoms with Gasteiger partial charge in [0.2, 0.25) is 0 Å². The van der Waals surface area contributed by atoms with Crippen molar-refractivity contribution in [2.75, 3.05) is 0 Å². The van der Waals surface area contributed by atoms with Crippen molar-refractivity contribution >= 4 is 21.0 Å². The number of alkyl halides is 3. The molecular weight excluding hydrogens is 565 g/mol. The molecule has 0 radical (unpaired) electrons. The van der Waals surface area contributed by atoms with Crippen LogP contribution in [0.3, 0.4) is 0 Å². The summed E-state index contributed by atoms with van der Waals surface area (Å²) in [7, 11) is -4.77. The summed E-state index contributed by atoms with van der Waals surface area (Å²) in [5.74, 6) is 0. The molecule has 4 rings (SSSR count). The Morgan fingerprint density at radius 3 is 1.20 bits per heavy atom. The second kappa shape index (κ2) is 12.4. The summed E-state index contributed by atoms with van der Waals surface area (Å²) in [6.45, 7) is 13.6. The van der Waals surface area contributed by atoms with E-state index < -0.39 is 26.8 Å². The highest BCUT2D eigenvalue weighted by Gasteiger charge is 2.31. The number of benzene rings is 4. The number of halogens is 3. The van der Waals surface area contributed by atoms with E-state index in [1.165, 1.54) is 25.8 Å². The molecule has 4 aromatic rings. The third kappa shape index (κ3) is 8.96. The summed E-state index contributed by atoms with van der Waals surface area (Å²) < 4.78 is 67.0. The highest BCUT2D eigenvalue weighted by Crippen LogP contribution is 2.34. The number of hydrogen-bond acceptors (Lipinski definition) is 3. The van der Waals surface area contributed by atoms with Gasteiger partial charge in [0, 0.05) is 0 Å². The lowest BCUT2D eigenvalue weighted by molar-refractivity contribution is -0.137. The van der Waals surface area contributed by atoms with Crippen LogP contribution in [0.25, 0.3) is 0 Å². The first kappa shape index (κ1) is 32.4. The predicted molar refractivity (Wildman–Crippen MR) is 158 cm³/mol. The zero-order valence-electron chi connectivity index (χ0n) is 24.0. The molecule has 8 heteroatoms. The first-order valence-corrected chi connectivity index (χ1v) is 15.6. The monoisotopic (exact) mass is 600 g/mol. The summed E-state index contributed by atoms with van der Waals surface area (Å²) in [6, 6.07) is 31.7. The molecule has 0 N–H and O–H groups in total. The molecule has 4 aromatic carbocycles. The lowest BCUT2D eigenvalue weighted by Crippen LogP contribution is -2.12. The van der Waals surface area contributed by atoms with Gasteiger partial charge in [-0.15, -0.1) is 0 Å². The molecule has 0 bridgehead atoms. The van der Waals surface area contributed by atoms with Crippen LogP contribution in [0.4, 0.5) is 13.2 Å². The molecule has 0 aromatic heterocycles. The minimum atomic E-state index is -4.68. The minimum Gasteiger partial charge on any atom is -0.744 e. The van der Waals surface area contributed by atoms with Crippen LogP contribution in [-0.2, 0) is 38.0 Å². The third-order valence-corrected chi connectivity index (χ3v) is 9.44. The van der Waals surface area contributed by atoms with Crippen LogP contribution in [0.2, 0.25) is 0 Å². The van der Waals surface area contributed by atoms with Crippen LogP contribution < -0.4 is 0 Å². The second-order valence-electron chi connectivity index (χ2n) is 11.6. The normalized spacial score (nSPS) is 12.6. The van der Waals surface area contributed by atoms with E-state index in [4.69, 9.17) is 0 Å². The molecule has 0 aliphatic carbocycles. The number of rotatable bonds is 4. The second-order valence-corrected chi connectivity index (χ2v) is 15.1. The molecule has 0 heterocycles. The topological polar surface area (TPSA) is 57.2 Å². The van der Waals surface area contributed by atoms with Gasteiger partial charge in [-0.1, -0.05) is 84.0 Å². The maximum absolute atomic E-state index is 12.0. The smallest absolute Gasteiger partial charge is 0.416 e. The van der Waals surface area contributed by atoms with Gasteiger partial charge in [-0.05, 0) is 82.6 Å². The summed E-state index contributed by atoms with van der Waals surface area (Å²) in [4.78, 5) is 3.44. The van der Waals surface area contributed by atoms with Crippen LogP contribution in [-0.4, -0.2) is 13.0 Å². The van der Waals surface area contributed by atoms with Crippen molar-refractivity contribution in [1.82, 2.24) is 0 Å². The quantitative estimate of drug-likeness (QED) is 0.174. The van der Waals surface area contributed by atoms with Gasteiger partial charge in [-0.2, -0.15) is 13.2 Å². The van der Waals surface area contributed by atoms with Crippen molar-refractivity contribution < 1.29 is 26.1 Å². The molecule has 0 spiro atoms. The molecule has 0 fully saturated rings. The Hall–Kier alpha value is -3.07. The standard InChI is InChI=1S/C26H31S.C7H5F3O3S/c1-25(2,3)20-12-16-23(17-13-20)27(22-10-8-7-9-11-22)24-18-14-21(15-19-24)26(4,5)6;8-7(9,10)5-1-3-6(4-2-5)14(11,12)13/h7-19H,1-6H3;1-4H,(H,11,12,13)/q+1;/p-1. The van der Waals surface area contributed by atoms with Crippen LogP contribution in [0.15, 0.2) is 123 Å². The van der Waals surface area contributed by atoms with E-state index in [-0.39, 0.29) is 21.7 Å². The zero-order valence-corrected chi connectivity index (χ0v) is 25.6. The molecule has 3 nitrogen and oxygen atoms in total. The van der Waals surface area contributed by atoms with E-state index in [9.17, 15) is 26.1 Å². The highest BCUT2D eigenvalue weighted by molar-refractivity contribution is 7.97. The maximum Gasteiger partial charge on any atom is 0.416 e. The molecule has 0 aliphatic heterocycles. The van der Waals surface area contributed by atoms with E-state index in [1.807, 2.05) is 0 Å². The average Bonchev–Trinajstić information content (AvgIpc) is 2.89. The van der Waals surface area contributed by atoms with Crippen LogP contribution >= 0.6 is 0 Å². The van der Waals surface area contributed by atoms with Crippen LogP contribution in [0.1, 0.15) is 58.2 Å². The van der Waals surface area contributed by atoms with Crippen molar-refractivity contribution in [2.24, 2.45) is 0 Å². The molecule has 0 unspecified atom stereocenters. The Morgan fingerprint density at radius 1 is 0.537 bits per heavy atom. The first-order valence-electron chi connectivity index (χ1n) is 13.0. The van der Waals surface area contributed by atoms with E-state index >= 15 is 0 Å². The SMILES string of the molecule is CC(C)(C)c1ccc([S+](c2ccccc2)c2ccc(C(C)(C)C)cc2)cc1.O=S(=O)([O-])c1ccc(C(F)(F)F)cc1. The molecular formula is C33H35F3O3S2. The Labute approximate surface area is 244 Å². The average molecular weight is 601 g/mol. The largest absolute Gasteiger partial charge is 0.744 e. The number of hydrogen-bond donors (Lipinski definition) is 0. The molecule has 0 atom stereocenters. The Balaban J connectivity index is 0.000000278. The summed E-state index contributed by atoms with van der Waals surface area (Å²) in [6.07, 6.45) is -4.54. The van der Waals surface area contributed by atoms with Crippen molar-refractivity contribution in [3.63, 3.8) is 0 Å². The molecule has 0 aliphatic rings. The van der Waals surface area contributed by atoms with E-state index in [1.54, 1.807) is 0 Å². The van der Waals surface area contributed by atoms with Gasteiger partial charge in [0.15, 0.2) is 14.7 Å². The molecule has 0 saturated heterocycles. The third-order valence-electron chi connectivity index (χ3n) is 6.36. The highest BCUT2D eigenvalue weighted by atomic mass is 32.2. The van der Waals surface area contributed by atoms with Crippen LogP contribution in [0, 0.1) is 0 Å². The van der Waals surface area contributed by atoms with Crippen molar-refractivity contribution in [2.45, 2.75) is 78.1 Å². The van der Waals surface area contributed by atoms with Crippen molar-refractivity contribution in [3.8, 4) is 0 Å². The van der Waals surface area contributed by atoms with Gasteiger partial charge in [-0.3, -0.25) is 0 Å². The molecule has 0 saturated carbocycles. The van der Waals surface area contributed by atoms with Crippen molar-refractivity contribution in [1.29, 1.82) is 0 Å². The Kier molecular flexibility index (Phi) is 9.84. The van der Waals surface area contributed by atoms with Gasteiger partial charge in [0.05, 0.1) is 21.4 Å². The molecule has 218 valence electrons. The summed E-state index contributed by atoms with van der Waals surface area (Å²) in [5.41, 5.74) is 2.12. The van der Waals surface area contributed by atoms with Gasteiger partial charge in [0.25, 0.3) is 0 Å². The summed E-state index contributed by atoms with van der Waals surface area (Å²) in [5, 5.41) is 0. The Bertz CT molecular complexity index is 1460. The fourth-order valence-corrected chi connectivity index (χ4v) is 6.49. The van der Waals surface area contributed by atoms with E-state index in [2.05, 4.69) is 120 Å². The molecule has 0 amide bonds. The predicted octanol–water partition coefficient (Wildman–Crippen LogP) is 8.99. The Morgan fingerprint density at radius 2 is 0.878 bits per heavy atom. The summed E-state index contributed by atoms with van der Waals surface area (Å²) >= 11 is 0. The zero-order chi connectivity index (χ0) is 30.6. The van der Waals surface area contributed by atoms with Crippen LogP contribution in [0.5, 0.6) is 0 Å². The van der Waals surface area contributed by atoms with E-state index in [0.717, 1.165) is 0 Å². The van der Waals surface area contributed by atoms with Gasteiger partial charge in [0.1, 0.15) is 10.1 Å². The first-order chi connectivity index (χ1) is 18.9. The lowest BCUT2D eigenvalue weighted by atomic mass is 9.87. The van der Waals surface area contributed by atoms with Gasteiger partial charge in [-0.25, -0.2) is 8.42 Å². The lowest BCUT2D eigenvalue weighted by Gasteiger charge is -2.20. The fourth-order valence-electron chi connectivity index (χ4n) is 3.96. The van der Waals surface area contributed by atoms with Gasteiger partial charge < -0.3 is 4.55 Å².